The van der Waals surface area contributed by atoms with Gasteiger partial charge in [-0.1, -0.05) is 0 Å². The molecular weight excluding hydrogens is 188 g/mol. The van der Waals surface area contributed by atoms with E-state index >= 15 is 0 Å². The van der Waals surface area contributed by atoms with Gasteiger partial charge in [0, 0.05) is 0 Å². The number of carboxylic acid groups (broad SMARTS) is 2. The van der Waals surface area contributed by atoms with Gasteiger partial charge in [0.2, 0.25) is 0 Å². The Morgan fingerprint density at radius 2 is 1.69 bits per heavy atom. The van der Waals surface area contributed by atoms with Crippen molar-refractivity contribution in [3.63, 3.8) is 0 Å². The Hall–Kier alpha value is -1.51. The largest absolute Gasteiger partial charge is 0.479 e. The first-order chi connectivity index (χ1) is 5.36. The summed E-state index contributed by atoms with van der Waals surface area (Å²) in [4.78, 5) is 30.0. The third-order valence-corrected chi connectivity index (χ3v) is 1.17. The Balaban J connectivity index is 0. The molecule has 8 heteroatoms. The smallest absolute Gasteiger partial charge is 0.346 e. The number of hydrogen-bond acceptors (Lipinski definition) is 5. The van der Waals surface area contributed by atoms with E-state index in [1.54, 1.807) is 0 Å². The Kier molecular flexibility index (Phi) is 4.86. The van der Waals surface area contributed by atoms with Gasteiger partial charge in [-0.2, -0.15) is 0 Å². The van der Waals surface area contributed by atoms with Crippen molar-refractivity contribution in [2.24, 2.45) is 0 Å². The Bertz CT molecular complexity index is 223. The lowest BCUT2D eigenvalue weighted by Gasteiger charge is -2.18. The van der Waals surface area contributed by atoms with Gasteiger partial charge in [-0.3, -0.25) is 4.79 Å². The molecule has 0 heterocycles. The van der Waals surface area contributed by atoms with Gasteiger partial charge in [0.05, 0.1) is 0 Å². The Morgan fingerprint density at radius 1 is 1.31 bits per heavy atom. The van der Waals surface area contributed by atoms with Crippen LogP contribution >= 0.6 is 0 Å². The molecule has 8 nitrogen and oxygen atoms in total. The Labute approximate surface area is 71.3 Å². The predicted octanol–water partition coefficient (Wildman–Crippen LogP) is -3.38. The van der Waals surface area contributed by atoms with Crippen molar-refractivity contribution in [1.29, 1.82) is 0 Å². The van der Waals surface area contributed by atoms with Crippen molar-refractivity contribution in [3.8, 4) is 0 Å². The lowest BCUT2D eigenvalue weighted by atomic mass is 9.99. The van der Waals surface area contributed by atoms with Crippen LogP contribution in [0.4, 0.5) is 0 Å². The van der Waals surface area contributed by atoms with E-state index in [-0.39, 0.29) is 5.48 Å². The number of aliphatic carboxylic acids is 2. The molecule has 0 aliphatic carbocycles. The van der Waals surface area contributed by atoms with Crippen LogP contribution in [0.2, 0.25) is 0 Å². The lowest BCUT2D eigenvalue weighted by Crippen LogP contribution is -2.54. The fourth-order valence-corrected chi connectivity index (χ4v) is 0.420. The summed E-state index contributed by atoms with van der Waals surface area (Å²) in [5, 5.41) is 33.5. The summed E-state index contributed by atoms with van der Waals surface area (Å²) >= 11 is 0. The summed E-state index contributed by atoms with van der Waals surface area (Å²) in [7, 11) is 0. The van der Waals surface area contributed by atoms with Crippen LogP contribution in [-0.4, -0.2) is 55.8 Å². The molecule has 0 aromatic rings. The first-order valence-corrected chi connectivity index (χ1v) is 2.69. The number of rotatable bonds is 4. The normalized spacial score (nSPS) is 16.2. The number of aliphatic hydroxyl groups is 2. The molecule has 0 saturated carbocycles. The van der Waals surface area contributed by atoms with E-state index in [2.05, 4.69) is 0 Å². The van der Waals surface area contributed by atoms with E-state index < -0.39 is 29.9 Å². The van der Waals surface area contributed by atoms with Crippen LogP contribution in [0.1, 0.15) is 0 Å². The summed E-state index contributed by atoms with van der Waals surface area (Å²) in [6.45, 7) is 0. The summed E-state index contributed by atoms with van der Waals surface area (Å²) in [5.74, 6) is -4.11. The minimum atomic E-state index is -3.29. The highest BCUT2D eigenvalue weighted by Gasteiger charge is 2.48. The van der Waals surface area contributed by atoms with Gasteiger partial charge < -0.3 is 25.9 Å². The second-order valence-corrected chi connectivity index (χ2v) is 1.99. The molecule has 0 bridgehead atoms. The van der Waals surface area contributed by atoms with E-state index in [0.717, 1.165) is 0 Å². The second kappa shape index (κ2) is 4.50. The van der Waals surface area contributed by atoms with Crippen molar-refractivity contribution >= 4 is 18.2 Å². The molecule has 6 N–H and O–H groups in total. The molecule has 0 spiro atoms. The highest BCUT2D eigenvalue weighted by atomic mass is 16.4. The number of aliphatic hydroxyl groups excluding tert-OH is 1. The first-order valence-electron chi connectivity index (χ1n) is 2.69. The summed E-state index contributed by atoms with van der Waals surface area (Å²) in [6.07, 6.45) is -3.22. The molecule has 0 aromatic carbocycles. The highest BCUT2D eigenvalue weighted by molar-refractivity contribution is 6.01. The molecular formula is C5H8O8. The maximum atomic E-state index is 10.1. The molecule has 0 aromatic heterocycles. The molecule has 0 aliphatic rings. The number of aldehydes is 1. The number of carbonyl (C=O) groups excluding carboxylic acids is 1. The fraction of sp³-hybridized carbons (Fsp3) is 0.400. The molecule has 76 valence electrons. The first kappa shape index (κ1) is 14.0. The van der Waals surface area contributed by atoms with Gasteiger partial charge in [-0.05, 0) is 0 Å². The van der Waals surface area contributed by atoms with Gasteiger partial charge in [-0.25, -0.2) is 9.59 Å². The molecule has 0 unspecified atom stereocenters. The molecule has 0 saturated heterocycles. The summed E-state index contributed by atoms with van der Waals surface area (Å²) in [5.41, 5.74) is -3.29. The van der Waals surface area contributed by atoms with E-state index in [0.29, 0.717) is 0 Å². The van der Waals surface area contributed by atoms with E-state index in [1.165, 1.54) is 0 Å². The maximum absolute atomic E-state index is 10.1. The van der Waals surface area contributed by atoms with Crippen LogP contribution in [-0.2, 0) is 14.4 Å². The minimum absolute atomic E-state index is 0. The van der Waals surface area contributed by atoms with Gasteiger partial charge in [-0.15, -0.1) is 0 Å². The monoisotopic (exact) mass is 196 g/mol. The SMILES string of the molecule is O.O=C[C@](O)(C(=O)O)[C@@H](O)C(=O)O. The maximum Gasteiger partial charge on any atom is 0.346 e. The van der Waals surface area contributed by atoms with Crippen LogP contribution in [0.5, 0.6) is 0 Å². The average molecular weight is 196 g/mol. The molecule has 13 heavy (non-hydrogen) atoms. The summed E-state index contributed by atoms with van der Waals surface area (Å²) < 4.78 is 0. The molecule has 2 atom stereocenters. The highest BCUT2D eigenvalue weighted by Crippen LogP contribution is 2.08. The van der Waals surface area contributed by atoms with Gasteiger partial charge >= 0.3 is 11.9 Å². The van der Waals surface area contributed by atoms with Crippen LogP contribution in [0.3, 0.4) is 0 Å². The molecule has 0 radical (unpaired) electrons. The third kappa shape index (κ3) is 2.47. The van der Waals surface area contributed by atoms with Crippen molar-refractivity contribution in [1.82, 2.24) is 0 Å². The van der Waals surface area contributed by atoms with Crippen LogP contribution in [0.15, 0.2) is 0 Å². The van der Waals surface area contributed by atoms with E-state index in [4.69, 9.17) is 20.4 Å². The van der Waals surface area contributed by atoms with Crippen molar-refractivity contribution in [2.45, 2.75) is 11.7 Å². The van der Waals surface area contributed by atoms with E-state index in [9.17, 15) is 14.4 Å². The number of hydrogen-bond donors (Lipinski definition) is 4. The number of carbonyl (C=O) groups is 3. The van der Waals surface area contributed by atoms with E-state index in [1.807, 2.05) is 0 Å². The van der Waals surface area contributed by atoms with Crippen molar-refractivity contribution in [3.05, 3.63) is 0 Å². The third-order valence-electron chi connectivity index (χ3n) is 1.17. The zero-order valence-electron chi connectivity index (χ0n) is 6.17. The predicted molar refractivity (Wildman–Crippen MR) is 35.9 cm³/mol. The second-order valence-electron chi connectivity index (χ2n) is 1.99. The Morgan fingerprint density at radius 3 is 1.77 bits per heavy atom. The van der Waals surface area contributed by atoms with Crippen LogP contribution < -0.4 is 0 Å². The average Bonchev–Trinajstić information content (AvgIpc) is 2.01. The van der Waals surface area contributed by atoms with Gasteiger partial charge in [0.25, 0.3) is 5.60 Å². The molecule has 0 fully saturated rings. The van der Waals surface area contributed by atoms with Crippen molar-refractivity contribution in [2.75, 3.05) is 0 Å². The number of carboxylic acids is 2. The molecule has 0 amide bonds. The van der Waals surface area contributed by atoms with Gasteiger partial charge in [0.1, 0.15) is 0 Å². The minimum Gasteiger partial charge on any atom is -0.479 e. The lowest BCUT2D eigenvalue weighted by molar-refractivity contribution is -0.182. The van der Waals surface area contributed by atoms with Crippen LogP contribution in [0, 0.1) is 0 Å². The van der Waals surface area contributed by atoms with Crippen molar-refractivity contribution < 1.29 is 40.3 Å². The molecule has 0 rings (SSSR count). The standard InChI is InChI=1S/C5H6O7.H2O/c6-1-5(12,4(10)11)2(7)3(8)9;/h1-2,7,12H,(H,8,9)(H,10,11);1H2/t2-,5+;/m0./s1. The quantitative estimate of drug-likeness (QED) is 0.269. The zero-order valence-corrected chi connectivity index (χ0v) is 6.17. The topological polar surface area (TPSA) is 164 Å². The zero-order chi connectivity index (χ0) is 9.94. The molecule has 0 aliphatic heterocycles. The van der Waals surface area contributed by atoms with Gasteiger partial charge in [0.15, 0.2) is 12.4 Å². The summed E-state index contributed by atoms with van der Waals surface area (Å²) in [6, 6.07) is 0. The van der Waals surface area contributed by atoms with Crippen LogP contribution in [0.25, 0.3) is 0 Å². The fourth-order valence-electron chi connectivity index (χ4n) is 0.420.